The summed E-state index contributed by atoms with van der Waals surface area (Å²) in [5, 5.41) is 0. The zero-order valence-electron chi connectivity index (χ0n) is 6.58. The number of ether oxygens (including phenoxy) is 1. The number of nitrogens with zero attached hydrogens (tertiary/aromatic N) is 1. The minimum atomic E-state index is -0.372. The van der Waals surface area contributed by atoms with E-state index in [2.05, 4.69) is 9.72 Å². The number of rotatable bonds is 2. The molecule has 0 amide bonds. The Kier molecular flexibility index (Phi) is 3.05. The molecule has 0 aromatic carbocycles. The predicted molar refractivity (Wildman–Crippen MR) is 45.1 cm³/mol. The molecule has 0 unspecified atom stereocenters. The zero-order chi connectivity index (χ0) is 8.97. The first kappa shape index (κ1) is 9.00. The Morgan fingerprint density at radius 2 is 2.50 bits per heavy atom. The van der Waals surface area contributed by atoms with Crippen molar-refractivity contribution < 1.29 is 9.53 Å². The number of aromatic nitrogens is 1. The highest BCUT2D eigenvalue weighted by molar-refractivity contribution is 6.16. The molecular formula is C8H8ClNO2. The van der Waals surface area contributed by atoms with Gasteiger partial charge in [-0.2, -0.15) is 0 Å². The lowest BCUT2D eigenvalue weighted by molar-refractivity contribution is 0.0600. The second kappa shape index (κ2) is 4.07. The van der Waals surface area contributed by atoms with Crippen molar-refractivity contribution in [1.29, 1.82) is 0 Å². The van der Waals surface area contributed by atoms with E-state index in [9.17, 15) is 4.79 Å². The van der Waals surface area contributed by atoms with Crippen molar-refractivity contribution in [1.82, 2.24) is 4.98 Å². The van der Waals surface area contributed by atoms with Crippen LogP contribution in [0.1, 0.15) is 16.1 Å². The van der Waals surface area contributed by atoms with Crippen LogP contribution in [-0.2, 0) is 10.6 Å². The molecule has 1 aromatic heterocycles. The summed E-state index contributed by atoms with van der Waals surface area (Å²) in [6.45, 7) is 0. The van der Waals surface area contributed by atoms with E-state index in [1.54, 1.807) is 12.1 Å². The molecule has 1 aromatic rings. The van der Waals surface area contributed by atoms with Crippen LogP contribution < -0.4 is 0 Å². The highest BCUT2D eigenvalue weighted by atomic mass is 35.5. The van der Waals surface area contributed by atoms with Crippen LogP contribution >= 0.6 is 11.6 Å². The third-order valence-electron chi connectivity index (χ3n) is 1.37. The van der Waals surface area contributed by atoms with Gasteiger partial charge in [0.2, 0.25) is 0 Å². The number of esters is 1. The molecule has 0 atom stereocenters. The number of carbonyl (C=O) groups is 1. The standard InChI is InChI=1S/C8H8ClNO2/c1-12-8(11)6-2-3-10-7(4-6)5-9/h2-4H,5H2,1H3. The van der Waals surface area contributed by atoms with Crippen LogP contribution in [0.3, 0.4) is 0 Å². The lowest BCUT2D eigenvalue weighted by Crippen LogP contribution is -2.02. The van der Waals surface area contributed by atoms with E-state index < -0.39 is 0 Å². The van der Waals surface area contributed by atoms with Crippen molar-refractivity contribution in [3.05, 3.63) is 29.6 Å². The molecule has 0 saturated heterocycles. The van der Waals surface area contributed by atoms with Gasteiger partial charge in [0.05, 0.1) is 24.2 Å². The lowest BCUT2D eigenvalue weighted by Gasteiger charge is -1.99. The smallest absolute Gasteiger partial charge is 0.337 e. The summed E-state index contributed by atoms with van der Waals surface area (Å²) in [6, 6.07) is 3.20. The summed E-state index contributed by atoms with van der Waals surface area (Å²) in [4.78, 5) is 14.9. The number of methoxy groups -OCH3 is 1. The summed E-state index contributed by atoms with van der Waals surface area (Å²) in [5.41, 5.74) is 1.14. The van der Waals surface area contributed by atoms with Crippen molar-refractivity contribution in [2.24, 2.45) is 0 Å². The Labute approximate surface area is 75.3 Å². The molecule has 0 N–H and O–H groups in total. The maximum Gasteiger partial charge on any atom is 0.337 e. The summed E-state index contributed by atoms with van der Waals surface area (Å²) in [5.74, 6) is -0.0750. The van der Waals surface area contributed by atoms with Gasteiger partial charge >= 0.3 is 5.97 Å². The summed E-state index contributed by atoms with van der Waals surface area (Å²) < 4.78 is 4.53. The molecule has 1 heterocycles. The number of hydrogen-bond acceptors (Lipinski definition) is 3. The molecule has 12 heavy (non-hydrogen) atoms. The Morgan fingerprint density at radius 1 is 1.75 bits per heavy atom. The molecule has 1 rings (SSSR count). The van der Waals surface area contributed by atoms with Gasteiger partial charge in [0.1, 0.15) is 0 Å². The molecule has 64 valence electrons. The largest absolute Gasteiger partial charge is 0.465 e. The fraction of sp³-hybridized carbons (Fsp3) is 0.250. The Hall–Kier alpha value is -1.09. The van der Waals surface area contributed by atoms with Gasteiger partial charge in [0.15, 0.2) is 0 Å². The SMILES string of the molecule is COC(=O)c1ccnc(CCl)c1. The number of pyridine rings is 1. The highest BCUT2D eigenvalue weighted by Gasteiger charge is 2.04. The van der Waals surface area contributed by atoms with Gasteiger partial charge < -0.3 is 4.74 Å². The first-order valence-corrected chi connectivity index (χ1v) is 3.90. The molecule has 0 bridgehead atoms. The van der Waals surface area contributed by atoms with Crippen molar-refractivity contribution in [2.75, 3.05) is 7.11 Å². The van der Waals surface area contributed by atoms with Gasteiger partial charge in [0, 0.05) is 6.20 Å². The first-order valence-electron chi connectivity index (χ1n) is 3.37. The minimum absolute atomic E-state index is 0.296. The molecule has 4 heteroatoms. The average Bonchev–Trinajstić information content (AvgIpc) is 2.17. The fourth-order valence-corrected chi connectivity index (χ4v) is 0.942. The van der Waals surface area contributed by atoms with Crippen LogP contribution in [-0.4, -0.2) is 18.1 Å². The van der Waals surface area contributed by atoms with E-state index in [1.807, 2.05) is 0 Å². The minimum Gasteiger partial charge on any atom is -0.465 e. The van der Waals surface area contributed by atoms with Crippen molar-refractivity contribution in [2.45, 2.75) is 5.88 Å². The Balaban J connectivity index is 2.93. The number of alkyl halides is 1. The van der Waals surface area contributed by atoms with E-state index in [0.717, 1.165) is 0 Å². The van der Waals surface area contributed by atoms with Crippen LogP contribution in [0, 0.1) is 0 Å². The summed E-state index contributed by atoms with van der Waals surface area (Å²) >= 11 is 5.53. The van der Waals surface area contributed by atoms with Crippen LogP contribution in [0.15, 0.2) is 18.3 Å². The predicted octanol–water partition coefficient (Wildman–Crippen LogP) is 1.61. The Bertz CT molecular complexity index is 288. The molecule has 0 aliphatic heterocycles. The lowest BCUT2D eigenvalue weighted by atomic mass is 10.2. The monoisotopic (exact) mass is 185 g/mol. The van der Waals surface area contributed by atoms with Gasteiger partial charge in [-0.05, 0) is 12.1 Å². The van der Waals surface area contributed by atoms with E-state index in [-0.39, 0.29) is 5.97 Å². The Morgan fingerprint density at radius 3 is 3.08 bits per heavy atom. The molecule has 3 nitrogen and oxygen atoms in total. The number of halogens is 1. The summed E-state index contributed by atoms with van der Waals surface area (Å²) in [7, 11) is 1.34. The van der Waals surface area contributed by atoms with Gasteiger partial charge in [-0.15, -0.1) is 11.6 Å². The second-order valence-corrected chi connectivity index (χ2v) is 2.43. The maximum absolute atomic E-state index is 11.0. The normalized spacial score (nSPS) is 9.50. The molecule has 0 fully saturated rings. The van der Waals surface area contributed by atoms with Gasteiger partial charge in [-0.25, -0.2) is 4.79 Å². The van der Waals surface area contributed by atoms with E-state index in [4.69, 9.17) is 11.6 Å². The van der Waals surface area contributed by atoms with Crippen molar-refractivity contribution in [3.8, 4) is 0 Å². The molecule has 0 aliphatic rings. The van der Waals surface area contributed by atoms with Crippen LogP contribution in [0.2, 0.25) is 0 Å². The van der Waals surface area contributed by atoms with E-state index in [1.165, 1.54) is 13.3 Å². The number of carbonyl (C=O) groups excluding carboxylic acids is 1. The van der Waals surface area contributed by atoms with Gasteiger partial charge in [-0.1, -0.05) is 0 Å². The second-order valence-electron chi connectivity index (χ2n) is 2.16. The third-order valence-corrected chi connectivity index (χ3v) is 1.65. The first-order chi connectivity index (χ1) is 5.77. The van der Waals surface area contributed by atoms with E-state index in [0.29, 0.717) is 17.1 Å². The van der Waals surface area contributed by atoms with Crippen molar-refractivity contribution in [3.63, 3.8) is 0 Å². The molecule has 0 saturated carbocycles. The quantitative estimate of drug-likeness (QED) is 0.519. The summed E-state index contributed by atoms with van der Waals surface area (Å²) in [6.07, 6.45) is 1.53. The maximum atomic E-state index is 11.0. The zero-order valence-corrected chi connectivity index (χ0v) is 7.34. The van der Waals surface area contributed by atoms with Crippen LogP contribution in [0.25, 0.3) is 0 Å². The topological polar surface area (TPSA) is 39.2 Å². The van der Waals surface area contributed by atoms with Gasteiger partial charge in [-0.3, -0.25) is 4.98 Å². The molecular weight excluding hydrogens is 178 g/mol. The van der Waals surface area contributed by atoms with E-state index >= 15 is 0 Å². The van der Waals surface area contributed by atoms with Crippen LogP contribution in [0.4, 0.5) is 0 Å². The van der Waals surface area contributed by atoms with Gasteiger partial charge in [0.25, 0.3) is 0 Å². The molecule has 0 radical (unpaired) electrons. The molecule has 0 aliphatic carbocycles. The number of hydrogen-bond donors (Lipinski definition) is 0. The average molecular weight is 186 g/mol. The fourth-order valence-electron chi connectivity index (χ4n) is 0.796. The van der Waals surface area contributed by atoms with Crippen LogP contribution in [0.5, 0.6) is 0 Å². The molecule has 0 spiro atoms. The highest BCUT2D eigenvalue weighted by Crippen LogP contribution is 2.05. The third kappa shape index (κ3) is 1.95. The van der Waals surface area contributed by atoms with Crippen molar-refractivity contribution >= 4 is 17.6 Å².